The standard InChI is InChI=1S/C16H23N5O3S/c1-19-13(22)16(18-14(19)23)2-4-20(5-3-16)11-12-10-17-15(25-12)21-6-8-24-9-7-21/h10H,2-9,11H2,1H3,(H,18,23). The van der Waals surface area contributed by atoms with Gasteiger partial charge in [0, 0.05) is 50.8 Å². The predicted octanol–water partition coefficient (Wildman–Crippen LogP) is 0.496. The van der Waals surface area contributed by atoms with E-state index in [1.54, 1.807) is 18.4 Å². The van der Waals surface area contributed by atoms with Gasteiger partial charge in [0.1, 0.15) is 5.54 Å². The van der Waals surface area contributed by atoms with Gasteiger partial charge in [-0.15, -0.1) is 11.3 Å². The maximum atomic E-state index is 12.3. The zero-order chi connectivity index (χ0) is 17.4. The van der Waals surface area contributed by atoms with Gasteiger partial charge in [-0.2, -0.15) is 0 Å². The van der Waals surface area contributed by atoms with Crippen LogP contribution in [-0.4, -0.2) is 78.7 Å². The lowest BCUT2D eigenvalue weighted by molar-refractivity contribution is -0.132. The highest BCUT2D eigenvalue weighted by atomic mass is 32.1. The molecule has 1 N–H and O–H groups in total. The Morgan fingerprint density at radius 1 is 1.24 bits per heavy atom. The molecule has 8 nitrogen and oxygen atoms in total. The van der Waals surface area contributed by atoms with Gasteiger partial charge in [0.05, 0.1) is 13.2 Å². The van der Waals surface area contributed by atoms with Crippen molar-refractivity contribution in [2.45, 2.75) is 24.9 Å². The number of urea groups is 1. The van der Waals surface area contributed by atoms with Crippen molar-refractivity contribution in [3.8, 4) is 0 Å². The summed E-state index contributed by atoms with van der Waals surface area (Å²) in [5.74, 6) is -0.0930. The van der Waals surface area contributed by atoms with E-state index in [1.807, 2.05) is 6.20 Å². The van der Waals surface area contributed by atoms with Crippen molar-refractivity contribution < 1.29 is 14.3 Å². The molecule has 0 atom stereocenters. The second kappa shape index (κ2) is 6.54. The van der Waals surface area contributed by atoms with Crippen LogP contribution in [0.15, 0.2) is 6.20 Å². The molecule has 4 heterocycles. The second-order valence-electron chi connectivity index (χ2n) is 6.86. The summed E-state index contributed by atoms with van der Waals surface area (Å²) in [6.45, 7) is 5.75. The van der Waals surface area contributed by atoms with Gasteiger partial charge in [-0.25, -0.2) is 9.78 Å². The van der Waals surface area contributed by atoms with Crippen molar-refractivity contribution in [3.63, 3.8) is 0 Å². The first-order valence-corrected chi connectivity index (χ1v) is 9.49. The van der Waals surface area contributed by atoms with E-state index in [0.29, 0.717) is 12.8 Å². The number of likely N-dealkylation sites (tertiary alicyclic amines) is 1. The van der Waals surface area contributed by atoms with E-state index in [-0.39, 0.29) is 11.9 Å². The largest absolute Gasteiger partial charge is 0.378 e. The summed E-state index contributed by atoms with van der Waals surface area (Å²) in [7, 11) is 1.54. The summed E-state index contributed by atoms with van der Waals surface area (Å²) in [5.41, 5.74) is -0.686. The zero-order valence-electron chi connectivity index (χ0n) is 14.4. The molecule has 3 aliphatic rings. The van der Waals surface area contributed by atoms with E-state index >= 15 is 0 Å². The van der Waals surface area contributed by atoms with Crippen LogP contribution in [0.3, 0.4) is 0 Å². The molecule has 3 aliphatic heterocycles. The lowest BCUT2D eigenvalue weighted by atomic mass is 9.87. The maximum absolute atomic E-state index is 12.3. The third kappa shape index (κ3) is 3.11. The van der Waals surface area contributed by atoms with Crippen molar-refractivity contribution in [2.75, 3.05) is 51.3 Å². The smallest absolute Gasteiger partial charge is 0.324 e. The molecule has 0 bridgehead atoms. The normalized spacial score (nSPS) is 24.2. The Hall–Kier alpha value is -1.71. The minimum atomic E-state index is -0.686. The van der Waals surface area contributed by atoms with Gasteiger partial charge < -0.3 is 15.0 Å². The molecule has 0 saturated carbocycles. The van der Waals surface area contributed by atoms with E-state index in [4.69, 9.17) is 4.74 Å². The maximum Gasteiger partial charge on any atom is 0.324 e. The van der Waals surface area contributed by atoms with Gasteiger partial charge in [0.2, 0.25) is 0 Å². The SMILES string of the molecule is CN1C(=O)NC2(CCN(Cc3cnc(N4CCOCC4)s3)CC2)C1=O. The zero-order valence-corrected chi connectivity index (χ0v) is 15.2. The van der Waals surface area contributed by atoms with Gasteiger partial charge in [0.15, 0.2) is 5.13 Å². The average Bonchev–Trinajstić information content (AvgIpc) is 3.18. The average molecular weight is 365 g/mol. The molecule has 9 heteroatoms. The summed E-state index contributed by atoms with van der Waals surface area (Å²) in [4.78, 5) is 35.7. The van der Waals surface area contributed by atoms with E-state index in [0.717, 1.165) is 51.1 Å². The van der Waals surface area contributed by atoms with Crippen LogP contribution in [-0.2, 0) is 16.1 Å². The molecule has 1 spiro atoms. The number of aromatic nitrogens is 1. The Balaban J connectivity index is 1.34. The number of ether oxygens (including phenoxy) is 1. The minimum absolute atomic E-state index is 0.0930. The van der Waals surface area contributed by atoms with Crippen molar-refractivity contribution in [3.05, 3.63) is 11.1 Å². The van der Waals surface area contributed by atoms with Crippen molar-refractivity contribution in [2.24, 2.45) is 0 Å². The van der Waals surface area contributed by atoms with E-state index in [9.17, 15) is 9.59 Å². The van der Waals surface area contributed by atoms with Gasteiger partial charge >= 0.3 is 6.03 Å². The first-order valence-electron chi connectivity index (χ1n) is 8.67. The van der Waals surface area contributed by atoms with Crippen LogP contribution in [0.2, 0.25) is 0 Å². The molecule has 3 fully saturated rings. The van der Waals surface area contributed by atoms with Gasteiger partial charge in [-0.3, -0.25) is 14.6 Å². The van der Waals surface area contributed by atoms with Gasteiger partial charge in [0.25, 0.3) is 5.91 Å². The predicted molar refractivity (Wildman–Crippen MR) is 93.7 cm³/mol. The van der Waals surface area contributed by atoms with Crippen LogP contribution >= 0.6 is 11.3 Å². The van der Waals surface area contributed by atoms with Crippen LogP contribution in [0.1, 0.15) is 17.7 Å². The molecule has 136 valence electrons. The molecule has 4 rings (SSSR count). The third-order valence-electron chi connectivity index (χ3n) is 5.28. The van der Waals surface area contributed by atoms with Gasteiger partial charge in [-0.1, -0.05) is 0 Å². The van der Waals surface area contributed by atoms with Crippen LogP contribution in [0.4, 0.5) is 9.93 Å². The van der Waals surface area contributed by atoms with Crippen LogP contribution in [0, 0.1) is 0 Å². The molecule has 3 saturated heterocycles. The van der Waals surface area contributed by atoms with Crippen molar-refractivity contribution >= 4 is 28.4 Å². The summed E-state index contributed by atoms with van der Waals surface area (Å²) in [5, 5.41) is 3.94. The molecular formula is C16H23N5O3S. The number of nitrogens with one attached hydrogen (secondary N) is 1. The van der Waals surface area contributed by atoms with Crippen LogP contribution in [0.25, 0.3) is 0 Å². The number of piperidine rings is 1. The first-order chi connectivity index (χ1) is 12.1. The Bertz CT molecular complexity index is 664. The lowest BCUT2D eigenvalue weighted by Gasteiger charge is -2.36. The fraction of sp³-hybridized carbons (Fsp3) is 0.688. The van der Waals surface area contributed by atoms with E-state index in [2.05, 4.69) is 20.1 Å². The Labute approximate surface area is 150 Å². The number of anilines is 1. The molecule has 1 aromatic rings. The number of thiazole rings is 1. The number of likely N-dealkylation sites (N-methyl/N-ethyl adjacent to an activating group) is 1. The van der Waals surface area contributed by atoms with Crippen molar-refractivity contribution in [1.82, 2.24) is 20.1 Å². The molecule has 0 radical (unpaired) electrons. The summed E-state index contributed by atoms with van der Waals surface area (Å²) in [6, 6.07) is -0.281. The Kier molecular flexibility index (Phi) is 4.38. The number of imide groups is 1. The molecule has 1 aromatic heterocycles. The molecular weight excluding hydrogens is 342 g/mol. The number of hydrogen-bond acceptors (Lipinski definition) is 7. The number of amides is 3. The number of carbonyl (C=O) groups excluding carboxylic acids is 2. The van der Waals surface area contributed by atoms with Crippen LogP contribution in [0.5, 0.6) is 0 Å². The summed E-state index contributed by atoms with van der Waals surface area (Å²) >= 11 is 1.73. The van der Waals surface area contributed by atoms with E-state index < -0.39 is 5.54 Å². The fourth-order valence-electron chi connectivity index (χ4n) is 3.68. The summed E-state index contributed by atoms with van der Waals surface area (Å²) in [6.07, 6.45) is 3.28. The molecule has 0 unspecified atom stereocenters. The first kappa shape index (κ1) is 16.7. The highest BCUT2D eigenvalue weighted by Crippen LogP contribution is 2.31. The Morgan fingerprint density at radius 3 is 2.60 bits per heavy atom. The lowest BCUT2D eigenvalue weighted by Crippen LogP contribution is -2.54. The second-order valence-corrected chi connectivity index (χ2v) is 7.95. The Morgan fingerprint density at radius 2 is 1.96 bits per heavy atom. The number of rotatable bonds is 3. The fourth-order valence-corrected chi connectivity index (χ4v) is 4.68. The topological polar surface area (TPSA) is 78.0 Å². The molecule has 25 heavy (non-hydrogen) atoms. The monoisotopic (exact) mass is 365 g/mol. The number of nitrogens with zero attached hydrogens (tertiary/aromatic N) is 4. The molecule has 3 amide bonds. The number of hydrogen-bond donors (Lipinski definition) is 1. The summed E-state index contributed by atoms with van der Waals surface area (Å²) < 4.78 is 5.39. The highest BCUT2D eigenvalue weighted by Gasteiger charge is 2.50. The molecule has 0 aromatic carbocycles. The van der Waals surface area contributed by atoms with Gasteiger partial charge in [-0.05, 0) is 12.8 Å². The number of morpholine rings is 1. The van der Waals surface area contributed by atoms with Crippen LogP contribution < -0.4 is 10.2 Å². The van der Waals surface area contributed by atoms with E-state index in [1.165, 1.54) is 9.78 Å². The molecule has 0 aliphatic carbocycles. The highest BCUT2D eigenvalue weighted by molar-refractivity contribution is 7.15. The minimum Gasteiger partial charge on any atom is -0.378 e. The third-order valence-corrected chi connectivity index (χ3v) is 6.32. The quantitative estimate of drug-likeness (QED) is 0.786. The van der Waals surface area contributed by atoms with Crippen molar-refractivity contribution in [1.29, 1.82) is 0 Å². The number of carbonyl (C=O) groups is 2.